The monoisotopic (exact) mass is 934 g/mol. The molecule has 61 heavy (non-hydrogen) atoms. The van der Waals surface area contributed by atoms with Gasteiger partial charge in [-0.3, -0.25) is 0 Å². The maximum absolute atomic E-state index is 12.6. The first kappa shape index (κ1) is 53.7. The van der Waals surface area contributed by atoms with Gasteiger partial charge in [0.2, 0.25) is 17.5 Å². The minimum atomic E-state index is -5.77. The molecule has 0 unspecified atom stereocenters. The fourth-order valence-corrected chi connectivity index (χ4v) is 5.24. The third kappa shape index (κ3) is 15.6. The second kappa shape index (κ2) is 24.2. The number of aromatic nitrogens is 2. The summed E-state index contributed by atoms with van der Waals surface area (Å²) in [5.41, 5.74) is 0. The van der Waals surface area contributed by atoms with Crippen molar-refractivity contribution in [3.05, 3.63) is 155 Å². The van der Waals surface area contributed by atoms with Crippen molar-refractivity contribution in [2.75, 3.05) is 0 Å². The lowest BCUT2D eigenvalue weighted by Crippen LogP contribution is -2.31. The van der Waals surface area contributed by atoms with Crippen molar-refractivity contribution in [2.24, 2.45) is 0 Å². The zero-order valence-electron chi connectivity index (χ0n) is 30.9. The Hall–Kier alpha value is -5.27. The van der Waals surface area contributed by atoms with E-state index in [-0.39, 0.29) is 6.07 Å². The molecule has 0 aliphatic carbocycles. The van der Waals surface area contributed by atoms with E-state index in [0.29, 0.717) is 0 Å². The molecular formula is C36H29F15N2O6S2. The maximum atomic E-state index is 12.6. The molecule has 0 amide bonds. The predicted octanol–water partition coefficient (Wildman–Crippen LogP) is 8.50. The Labute approximate surface area is 337 Å². The molecule has 0 aliphatic rings. The number of aryl methyl sites for hydroxylation is 2. The van der Waals surface area contributed by atoms with Crippen LogP contribution in [0, 0.1) is 87.3 Å². The molecule has 0 radical (unpaired) electrons. The van der Waals surface area contributed by atoms with Crippen molar-refractivity contribution in [3.63, 3.8) is 0 Å². The van der Waals surface area contributed by atoms with Crippen LogP contribution in [-0.2, 0) is 33.3 Å². The summed E-state index contributed by atoms with van der Waals surface area (Å²) in [6.45, 7) is 6.72. The first-order valence-electron chi connectivity index (χ1n) is 16.6. The Kier molecular flexibility index (Phi) is 21.4. The topological polar surface area (TPSA) is 122 Å². The van der Waals surface area contributed by atoms with E-state index in [1.807, 2.05) is 12.1 Å². The lowest BCUT2D eigenvalue weighted by atomic mass is 10.3. The molecule has 0 spiro atoms. The van der Waals surface area contributed by atoms with Crippen LogP contribution in [0.2, 0.25) is 0 Å². The molecule has 0 aliphatic heterocycles. The number of unbranched alkanes of at least 4 members (excludes halogenated alkanes) is 2. The number of hydrogen-bond donors (Lipinski definition) is 0. The lowest BCUT2D eigenvalue weighted by Gasteiger charge is -2.10. The third-order valence-electron chi connectivity index (χ3n) is 6.99. The van der Waals surface area contributed by atoms with Crippen molar-refractivity contribution < 1.29 is 101 Å². The molecule has 0 atom stereocenters. The molecule has 0 fully saturated rings. The predicted molar refractivity (Wildman–Crippen MR) is 178 cm³/mol. The number of hydrogen-bond acceptors (Lipinski definition) is 6. The van der Waals surface area contributed by atoms with Gasteiger partial charge in [-0.1, -0.05) is 38.8 Å². The smallest absolute Gasteiger partial charge is 0.200 e. The number of pyridine rings is 2. The van der Waals surface area contributed by atoms with Gasteiger partial charge in [-0.2, -0.15) is 0 Å². The Morgan fingerprint density at radius 3 is 0.852 bits per heavy atom. The van der Waals surface area contributed by atoms with Crippen LogP contribution in [0.4, 0.5) is 65.9 Å². The SMILES string of the molecule is CCCC[n+]1ccccc1.CCCC[n+]1ccccc1.Fc1cc(F)c(F)c(F)c1F.O=S(=O)([O-])c1c(F)c(F)c(F)c(F)c1F.O=S(=O)([O-])c1c(F)c(F)c(F)c(F)c1F. The number of halogens is 15. The molecule has 8 nitrogen and oxygen atoms in total. The molecule has 2 aromatic heterocycles. The number of rotatable bonds is 8. The highest BCUT2D eigenvalue weighted by Crippen LogP contribution is 2.27. The highest BCUT2D eigenvalue weighted by molar-refractivity contribution is 7.86. The highest BCUT2D eigenvalue weighted by atomic mass is 32.2. The van der Waals surface area contributed by atoms with Gasteiger partial charge < -0.3 is 9.11 Å². The summed E-state index contributed by atoms with van der Waals surface area (Å²) in [6.07, 6.45) is 13.5. The van der Waals surface area contributed by atoms with Crippen molar-refractivity contribution >= 4 is 20.2 Å². The van der Waals surface area contributed by atoms with Crippen LogP contribution in [0.15, 0.2) is 77.0 Å². The molecular weight excluding hydrogens is 906 g/mol. The van der Waals surface area contributed by atoms with E-state index in [2.05, 4.69) is 72.0 Å². The van der Waals surface area contributed by atoms with Crippen molar-refractivity contribution in [1.82, 2.24) is 0 Å². The molecule has 336 valence electrons. The van der Waals surface area contributed by atoms with Gasteiger partial charge >= 0.3 is 0 Å². The van der Waals surface area contributed by atoms with E-state index in [1.165, 1.54) is 25.7 Å². The minimum Gasteiger partial charge on any atom is -0.744 e. The summed E-state index contributed by atoms with van der Waals surface area (Å²) >= 11 is 0. The van der Waals surface area contributed by atoms with Crippen LogP contribution in [-0.4, -0.2) is 25.9 Å². The first-order valence-corrected chi connectivity index (χ1v) is 19.4. The normalized spacial score (nSPS) is 10.9. The van der Waals surface area contributed by atoms with E-state index in [1.54, 1.807) is 0 Å². The molecule has 3 aromatic carbocycles. The summed E-state index contributed by atoms with van der Waals surface area (Å²) in [7, 11) is -11.5. The zero-order valence-corrected chi connectivity index (χ0v) is 32.6. The Balaban J connectivity index is 0.000000386. The molecule has 0 saturated carbocycles. The van der Waals surface area contributed by atoms with Gasteiger partial charge in [0.05, 0.1) is 0 Å². The van der Waals surface area contributed by atoms with E-state index < -0.39 is 117 Å². The van der Waals surface area contributed by atoms with Crippen LogP contribution in [0.5, 0.6) is 0 Å². The third-order valence-corrected chi connectivity index (χ3v) is 8.71. The summed E-state index contributed by atoms with van der Waals surface area (Å²) in [5, 5.41) is 0. The Bertz CT molecular complexity index is 2250. The van der Waals surface area contributed by atoms with Crippen LogP contribution in [0.25, 0.3) is 0 Å². The van der Waals surface area contributed by atoms with E-state index in [4.69, 9.17) is 0 Å². The fraction of sp³-hybridized carbons (Fsp3) is 0.222. The molecule has 5 aromatic rings. The lowest BCUT2D eigenvalue weighted by molar-refractivity contribution is -0.697. The van der Waals surface area contributed by atoms with Crippen LogP contribution >= 0.6 is 0 Å². The second-order valence-corrected chi connectivity index (χ2v) is 14.1. The van der Waals surface area contributed by atoms with Gasteiger partial charge in [-0.15, -0.1) is 0 Å². The van der Waals surface area contributed by atoms with Crippen molar-refractivity contribution in [2.45, 2.75) is 62.4 Å². The van der Waals surface area contributed by atoms with Gasteiger partial charge in [-0.05, 0) is 0 Å². The van der Waals surface area contributed by atoms with Gasteiger partial charge in [0, 0.05) is 43.2 Å². The summed E-state index contributed by atoms with van der Waals surface area (Å²) < 4.78 is 250. The standard InChI is InChI=1S/2C9H14N.2C6HF5O3S.C6HF5/c2*1-2-3-7-10-8-5-4-6-9-10;2*7-1-2(8)4(10)6(15(12,13)14)5(11)3(1)9;7-2-1-3(8)5(10)6(11)4(2)9/h2*4-6,8-9H,2-3,7H2,1H3;2*(H,12,13,14);1H/q2*+1;;;/p-2. The molecule has 25 heteroatoms. The molecule has 5 rings (SSSR count). The van der Waals surface area contributed by atoms with E-state index >= 15 is 0 Å². The maximum Gasteiger partial charge on any atom is 0.200 e. The average molecular weight is 935 g/mol. The van der Waals surface area contributed by atoms with Crippen molar-refractivity contribution in [1.29, 1.82) is 0 Å². The van der Waals surface area contributed by atoms with E-state index in [0.717, 1.165) is 13.1 Å². The first-order chi connectivity index (χ1) is 28.3. The summed E-state index contributed by atoms with van der Waals surface area (Å²) in [4.78, 5) is -4.75. The van der Waals surface area contributed by atoms with Crippen LogP contribution < -0.4 is 9.13 Å². The van der Waals surface area contributed by atoms with Crippen LogP contribution in [0.1, 0.15) is 39.5 Å². The van der Waals surface area contributed by atoms with Gasteiger partial charge in [0.1, 0.15) is 43.1 Å². The number of nitrogens with zero attached hydrogens (tertiary/aromatic N) is 2. The van der Waals surface area contributed by atoms with Crippen LogP contribution in [0.3, 0.4) is 0 Å². The van der Waals surface area contributed by atoms with Gasteiger partial charge in [-0.25, -0.2) is 91.8 Å². The highest BCUT2D eigenvalue weighted by Gasteiger charge is 2.30. The molecule has 0 N–H and O–H groups in total. The molecule has 0 saturated heterocycles. The summed E-state index contributed by atoms with van der Waals surface area (Å²) in [5.74, 6) is -35.3. The number of benzene rings is 3. The van der Waals surface area contributed by atoms with Crippen molar-refractivity contribution in [3.8, 4) is 0 Å². The quantitative estimate of drug-likeness (QED) is 0.0506. The summed E-state index contributed by atoms with van der Waals surface area (Å²) in [6, 6.07) is 12.3. The Morgan fingerprint density at radius 1 is 0.393 bits per heavy atom. The fourth-order valence-electron chi connectivity index (χ4n) is 4.00. The largest absolute Gasteiger partial charge is 0.744 e. The minimum absolute atomic E-state index is 0.0618. The van der Waals surface area contributed by atoms with Gasteiger partial charge in [0.25, 0.3) is 0 Å². The average Bonchev–Trinajstić information content (AvgIpc) is 3.21. The second-order valence-electron chi connectivity index (χ2n) is 11.4. The zero-order chi connectivity index (χ0) is 47.0. The Morgan fingerprint density at radius 2 is 0.623 bits per heavy atom. The van der Waals surface area contributed by atoms with E-state index in [9.17, 15) is 91.8 Å². The molecule has 0 bridgehead atoms. The molecule has 2 heterocycles. The van der Waals surface area contributed by atoms with Gasteiger partial charge in [0.15, 0.2) is 94.6 Å².